The lowest BCUT2D eigenvalue weighted by Gasteiger charge is -2.32. The van der Waals surface area contributed by atoms with E-state index in [1.165, 1.54) is 11.8 Å². The first-order valence-corrected chi connectivity index (χ1v) is 18.2. The molecule has 3 atom stereocenters. The van der Waals surface area contributed by atoms with Crippen LogP contribution in [0, 0.1) is 5.92 Å². The summed E-state index contributed by atoms with van der Waals surface area (Å²) in [6.45, 7) is 4.59. The van der Waals surface area contributed by atoms with E-state index < -0.39 is 91.6 Å². The van der Waals surface area contributed by atoms with Crippen molar-refractivity contribution in [1.29, 1.82) is 0 Å². The molecule has 2 fully saturated rings. The van der Waals surface area contributed by atoms with Crippen LogP contribution in [0.5, 0.6) is 0 Å². The van der Waals surface area contributed by atoms with E-state index >= 15 is 0 Å². The molecular formula is C32H56BN9O13. The molecule has 9 N–H and O–H groups in total. The van der Waals surface area contributed by atoms with Crippen LogP contribution in [0.4, 0.5) is 0 Å². The third-order valence-electron chi connectivity index (χ3n) is 9.19. The molecule has 22 nitrogen and oxygen atoms in total. The van der Waals surface area contributed by atoms with E-state index in [0.29, 0.717) is 19.4 Å². The molecular weight excluding hydrogens is 729 g/mol. The maximum absolute atomic E-state index is 13.0. The maximum atomic E-state index is 13.0. The number of carbonyl (C=O) groups is 8. The van der Waals surface area contributed by atoms with E-state index in [4.69, 9.17) is 0 Å². The van der Waals surface area contributed by atoms with Crippen LogP contribution in [-0.4, -0.2) is 221 Å². The first-order chi connectivity index (χ1) is 25.9. The van der Waals surface area contributed by atoms with Crippen LogP contribution in [0.25, 0.3) is 0 Å². The van der Waals surface area contributed by atoms with Gasteiger partial charge in [-0.1, -0.05) is 13.8 Å². The molecule has 55 heavy (non-hydrogen) atoms. The second-order valence-electron chi connectivity index (χ2n) is 14.0. The molecule has 5 amide bonds. The summed E-state index contributed by atoms with van der Waals surface area (Å²) in [5, 5.41) is 57.1. The lowest BCUT2D eigenvalue weighted by molar-refractivity contribution is -0.140. The summed E-state index contributed by atoms with van der Waals surface area (Å²) in [4.78, 5) is 106. The van der Waals surface area contributed by atoms with Gasteiger partial charge in [0, 0.05) is 58.9 Å². The summed E-state index contributed by atoms with van der Waals surface area (Å²) in [5.74, 6) is -7.58. The average molecular weight is 786 g/mol. The van der Waals surface area contributed by atoms with Crippen molar-refractivity contribution in [2.24, 2.45) is 5.92 Å². The van der Waals surface area contributed by atoms with Gasteiger partial charge >= 0.3 is 25.0 Å². The molecule has 23 heteroatoms. The van der Waals surface area contributed by atoms with Crippen molar-refractivity contribution in [3.05, 3.63) is 0 Å². The minimum Gasteiger partial charge on any atom is -0.480 e. The van der Waals surface area contributed by atoms with Gasteiger partial charge in [-0.2, -0.15) is 0 Å². The van der Waals surface area contributed by atoms with Gasteiger partial charge in [-0.3, -0.25) is 58.0 Å². The number of likely N-dealkylation sites (tertiary alicyclic amines) is 1. The van der Waals surface area contributed by atoms with Crippen molar-refractivity contribution < 1.29 is 63.7 Å². The highest BCUT2D eigenvalue weighted by atomic mass is 16.4. The number of nitrogens with zero attached hydrogens (tertiary/aromatic N) is 5. The van der Waals surface area contributed by atoms with Crippen molar-refractivity contribution in [3.63, 3.8) is 0 Å². The molecule has 1 unspecified atom stereocenters. The number of carboxylic acids is 3. The average Bonchev–Trinajstić information content (AvgIpc) is 3.59. The molecule has 0 aliphatic carbocycles. The lowest BCUT2D eigenvalue weighted by atomic mass is 9.78. The van der Waals surface area contributed by atoms with Crippen molar-refractivity contribution >= 4 is 54.6 Å². The minimum atomic E-state index is -1.72. The summed E-state index contributed by atoms with van der Waals surface area (Å²) in [7, 11) is -1.72. The zero-order valence-electron chi connectivity index (χ0n) is 31.6. The van der Waals surface area contributed by atoms with E-state index in [9.17, 15) is 63.7 Å². The van der Waals surface area contributed by atoms with Crippen LogP contribution in [0.2, 0.25) is 0 Å². The van der Waals surface area contributed by atoms with Crippen LogP contribution in [-0.2, 0) is 38.4 Å². The Hall–Kier alpha value is -4.42. The van der Waals surface area contributed by atoms with E-state index in [1.807, 2.05) is 0 Å². The number of carboxylic acid groups (broad SMARTS) is 3. The van der Waals surface area contributed by atoms with Gasteiger partial charge in [0.2, 0.25) is 29.5 Å². The predicted molar refractivity (Wildman–Crippen MR) is 194 cm³/mol. The Balaban J connectivity index is 1.91. The standard InChI is InChI=1S/C32H56BN9O13/c1-21(2)30(31(52)36-22(3)32(53)42-6-4-5-23(42)33(54)55)37-25(44)16-34-24(43)15-35-26(45)17-38-7-9-39(18-27(46)47)11-13-41(20-29(50)51)14-12-40(10-8-38)19-28(48)49/h21-23,30,54-55H,4-20H2,1-3H3,(H,34,43)(H,35,45)(H,36,52)(H,37,44)(H,46,47)(H,48,49)(H,50,51)/t22-,23+,30?/m1/s1. The normalized spacial score (nSPS) is 19.3. The van der Waals surface area contributed by atoms with Crippen molar-refractivity contribution in [2.45, 2.75) is 51.6 Å². The van der Waals surface area contributed by atoms with Gasteiger partial charge < -0.3 is 51.5 Å². The van der Waals surface area contributed by atoms with Crippen LogP contribution in [0.15, 0.2) is 0 Å². The molecule has 0 radical (unpaired) electrons. The Morgan fingerprint density at radius 3 is 1.44 bits per heavy atom. The summed E-state index contributed by atoms with van der Waals surface area (Å²) < 4.78 is 0. The van der Waals surface area contributed by atoms with Crippen LogP contribution >= 0.6 is 0 Å². The van der Waals surface area contributed by atoms with Gasteiger partial charge in [0.25, 0.3) is 0 Å². The fourth-order valence-electron chi connectivity index (χ4n) is 6.21. The van der Waals surface area contributed by atoms with Crippen molar-refractivity contribution in [2.75, 3.05) is 98.2 Å². The fraction of sp³-hybridized carbons (Fsp3) is 0.750. The highest BCUT2D eigenvalue weighted by Gasteiger charge is 2.39. The number of carbonyl (C=O) groups excluding carboxylic acids is 5. The largest absolute Gasteiger partial charge is 0.480 e. The third-order valence-corrected chi connectivity index (χ3v) is 9.19. The number of rotatable bonds is 18. The molecule has 2 heterocycles. The molecule has 0 aromatic rings. The predicted octanol–water partition coefficient (Wildman–Crippen LogP) is -5.66. The summed E-state index contributed by atoms with van der Waals surface area (Å²) in [6.07, 6.45) is 0.988. The van der Waals surface area contributed by atoms with E-state index in [2.05, 4.69) is 21.3 Å². The number of hydrogen-bond acceptors (Lipinski definition) is 14. The van der Waals surface area contributed by atoms with Crippen LogP contribution < -0.4 is 21.3 Å². The van der Waals surface area contributed by atoms with Gasteiger partial charge in [0.15, 0.2) is 0 Å². The van der Waals surface area contributed by atoms with Gasteiger partial charge in [0.05, 0.1) is 45.2 Å². The number of hydrogen-bond donors (Lipinski definition) is 9. The Labute approximate surface area is 319 Å². The van der Waals surface area contributed by atoms with E-state index in [1.54, 1.807) is 33.4 Å². The minimum absolute atomic E-state index is 0.201. The molecule has 0 saturated carbocycles. The van der Waals surface area contributed by atoms with Gasteiger partial charge in [-0.05, 0) is 25.7 Å². The molecule has 2 saturated heterocycles. The summed E-state index contributed by atoms with van der Waals surface area (Å²) in [5.41, 5.74) is 0. The highest BCUT2D eigenvalue weighted by molar-refractivity contribution is 6.43. The Morgan fingerprint density at radius 1 is 0.600 bits per heavy atom. The molecule has 2 aliphatic rings. The molecule has 0 bridgehead atoms. The topological polar surface area (TPSA) is 302 Å². The molecule has 310 valence electrons. The van der Waals surface area contributed by atoms with Crippen molar-refractivity contribution in [3.8, 4) is 0 Å². The number of amides is 5. The third kappa shape index (κ3) is 17.7. The monoisotopic (exact) mass is 785 g/mol. The Kier molecular flexibility index (Phi) is 20.0. The second-order valence-corrected chi connectivity index (χ2v) is 14.0. The van der Waals surface area contributed by atoms with E-state index in [-0.39, 0.29) is 78.5 Å². The van der Waals surface area contributed by atoms with Gasteiger partial charge in [-0.15, -0.1) is 0 Å². The smallest absolute Gasteiger partial charge is 0.475 e. The van der Waals surface area contributed by atoms with Crippen LogP contribution in [0.1, 0.15) is 33.6 Å². The fourth-order valence-corrected chi connectivity index (χ4v) is 6.21. The Bertz CT molecular complexity index is 1330. The second kappa shape index (κ2) is 23.5. The quantitative estimate of drug-likeness (QED) is 0.0585. The van der Waals surface area contributed by atoms with Gasteiger partial charge in [0.1, 0.15) is 12.1 Å². The number of nitrogens with one attached hydrogen (secondary N) is 4. The Morgan fingerprint density at radius 2 is 1.02 bits per heavy atom. The molecule has 2 rings (SSSR count). The zero-order valence-corrected chi connectivity index (χ0v) is 31.6. The molecule has 2 aliphatic heterocycles. The van der Waals surface area contributed by atoms with Crippen LogP contribution in [0.3, 0.4) is 0 Å². The first kappa shape index (κ1) is 46.7. The van der Waals surface area contributed by atoms with Gasteiger partial charge in [-0.25, -0.2) is 0 Å². The lowest BCUT2D eigenvalue weighted by Crippen LogP contribution is -2.57. The highest BCUT2D eigenvalue weighted by Crippen LogP contribution is 2.19. The summed E-state index contributed by atoms with van der Waals surface area (Å²) >= 11 is 0. The molecule has 0 aromatic heterocycles. The zero-order chi connectivity index (χ0) is 41.2. The molecule has 0 spiro atoms. The summed E-state index contributed by atoms with van der Waals surface area (Å²) in [6, 6.07) is -2.09. The first-order valence-electron chi connectivity index (χ1n) is 18.2. The molecule has 0 aromatic carbocycles. The van der Waals surface area contributed by atoms with E-state index in [0.717, 1.165) is 0 Å². The maximum Gasteiger partial charge on any atom is 0.475 e. The number of aliphatic carboxylic acids is 3. The van der Waals surface area contributed by atoms with Crippen molar-refractivity contribution in [1.82, 2.24) is 45.8 Å². The SMILES string of the molecule is CC(C)C(NC(=O)CNC(=O)CNC(=O)CN1CCN(CC(=O)O)CCN(CC(=O)O)CCN(CC(=O)O)CC1)C(=O)N[C@H](C)C(=O)N1CCC[C@H]1B(O)O.